The highest BCUT2D eigenvalue weighted by molar-refractivity contribution is 5.82. The van der Waals surface area contributed by atoms with Crippen LogP contribution in [0.2, 0.25) is 0 Å². The normalized spacial score (nSPS) is 10.9. The molecule has 0 bridgehead atoms. The van der Waals surface area contributed by atoms with Gasteiger partial charge in [-0.2, -0.15) is 0 Å². The first-order valence-corrected chi connectivity index (χ1v) is 6.47. The van der Waals surface area contributed by atoms with Gasteiger partial charge >= 0.3 is 0 Å². The van der Waals surface area contributed by atoms with Gasteiger partial charge in [-0.05, 0) is 13.0 Å². The van der Waals surface area contributed by atoms with Crippen molar-refractivity contribution in [2.45, 2.75) is 19.9 Å². The molecule has 1 aromatic heterocycles. The Morgan fingerprint density at radius 3 is 2.79 bits per heavy atom. The molecule has 0 saturated carbocycles. The van der Waals surface area contributed by atoms with Gasteiger partial charge in [-0.3, -0.25) is 4.79 Å². The van der Waals surface area contributed by atoms with Crippen LogP contribution in [0, 0.1) is 6.92 Å². The van der Waals surface area contributed by atoms with Crippen molar-refractivity contribution < 1.29 is 9.21 Å². The molecular formula is C15H20N2O2. The van der Waals surface area contributed by atoms with Crippen molar-refractivity contribution in [2.24, 2.45) is 0 Å². The van der Waals surface area contributed by atoms with Crippen LogP contribution < -0.4 is 5.32 Å². The highest BCUT2D eigenvalue weighted by atomic mass is 16.3. The largest absolute Gasteiger partial charge is 0.461 e. The summed E-state index contributed by atoms with van der Waals surface area (Å²) in [6.45, 7) is 3.38. The third-order valence-electron chi connectivity index (χ3n) is 3.22. The second-order valence-corrected chi connectivity index (χ2v) is 4.85. The zero-order chi connectivity index (χ0) is 13.8. The smallest absolute Gasteiger partial charge is 0.223 e. The number of para-hydroxylation sites is 1. The minimum Gasteiger partial charge on any atom is -0.461 e. The molecule has 0 spiro atoms. The first kappa shape index (κ1) is 13.6. The standard InChI is InChI=1S/C15H20N2O2/c1-11-13(10-16-9-8-15(18)17(2)3)12-6-4-5-7-14(12)19-11/h4-7,16H,8-10H2,1-3H3. The zero-order valence-electron chi connectivity index (χ0n) is 11.7. The molecule has 0 unspecified atom stereocenters. The summed E-state index contributed by atoms with van der Waals surface area (Å²) in [6.07, 6.45) is 0.516. The SMILES string of the molecule is Cc1oc2ccccc2c1CNCCC(=O)N(C)C. The van der Waals surface area contributed by atoms with Gasteiger partial charge in [0.25, 0.3) is 0 Å². The highest BCUT2D eigenvalue weighted by Gasteiger charge is 2.10. The number of carbonyl (C=O) groups excluding carboxylic acids is 1. The van der Waals surface area contributed by atoms with Crippen LogP contribution in [0.5, 0.6) is 0 Å². The van der Waals surface area contributed by atoms with Crippen LogP contribution in [-0.2, 0) is 11.3 Å². The molecule has 0 fully saturated rings. The van der Waals surface area contributed by atoms with Crippen molar-refractivity contribution >= 4 is 16.9 Å². The molecule has 0 aliphatic heterocycles. The van der Waals surface area contributed by atoms with Gasteiger partial charge in [0.2, 0.25) is 5.91 Å². The van der Waals surface area contributed by atoms with E-state index < -0.39 is 0 Å². The van der Waals surface area contributed by atoms with Crippen molar-refractivity contribution in [2.75, 3.05) is 20.6 Å². The zero-order valence-corrected chi connectivity index (χ0v) is 11.7. The van der Waals surface area contributed by atoms with Gasteiger partial charge in [-0.15, -0.1) is 0 Å². The molecule has 0 aliphatic carbocycles. The second kappa shape index (κ2) is 5.89. The van der Waals surface area contributed by atoms with Gasteiger partial charge in [-0.25, -0.2) is 0 Å². The number of amides is 1. The van der Waals surface area contributed by atoms with Crippen molar-refractivity contribution in [1.29, 1.82) is 0 Å². The van der Waals surface area contributed by atoms with Crippen molar-refractivity contribution in [1.82, 2.24) is 10.2 Å². The Morgan fingerprint density at radius 2 is 2.05 bits per heavy atom. The summed E-state index contributed by atoms with van der Waals surface area (Å²) in [5.41, 5.74) is 2.09. The molecular weight excluding hydrogens is 240 g/mol. The van der Waals surface area contributed by atoms with Gasteiger partial charge in [0.15, 0.2) is 0 Å². The van der Waals surface area contributed by atoms with E-state index in [1.54, 1.807) is 19.0 Å². The Morgan fingerprint density at radius 1 is 1.32 bits per heavy atom. The summed E-state index contributed by atoms with van der Waals surface area (Å²) in [5.74, 6) is 1.08. The molecule has 1 amide bonds. The van der Waals surface area contributed by atoms with Crippen LogP contribution in [0.4, 0.5) is 0 Å². The Balaban J connectivity index is 1.95. The van der Waals surface area contributed by atoms with E-state index in [1.807, 2.05) is 25.1 Å². The van der Waals surface area contributed by atoms with E-state index in [4.69, 9.17) is 4.42 Å². The molecule has 4 nitrogen and oxygen atoms in total. The minimum atomic E-state index is 0.140. The maximum Gasteiger partial charge on any atom is 0.223 e. The van der Waals surface area contributed by atoms with E-state index in [-0.39, 0.29) is 5.91 Å². The summed E-state index contributed by atoms with van der Waals surface area (Å²) in [4.78, 5) is 13.1. The Kier molecular flexibility index (Phi) is 4.22. The van der Waals surface area contributed by atoms with Crippen LogP contribution in [0.1, 0.15) is 17.7 Å². The fourth-order valence-electron chi connectivity index (χ4n) is 2.07. The van der Waals surface area contributed by atoms with Crippen LogP contribution in [0.15, 0.2) is 28.7 Å². The lowest BCUT2D eigenvalue weighted by Crippen LogP contribution is -2.26. The van der Waals surface area contributed by atoms with Gasteiger partial charge in [-0.1, -0.05) is 18.2 Å². The molecule has 0 radical (unpaired) electrons. The van der Waals surface area contributed by atoms with Gasteiger partial charge in [0, 0.05) is 44.6 Å². The van der Waals surface area contributed by atoms with Crippen molar-refractivity contribution in [3.8, 4) is 0 Å². The number of hydrogen-bond donors (Lipinski definition) is 1. The van der Waals surface area contributed by atoms with Gasteiger partial charge < -0.3 is 14.6 Å². The maximum absolute atomic E-state index is 11.5. The topological polar surface area (TPSA) is 45.5 Å². The average molecular weight is 260 g/mol. The van der Waals surface area contributed by atoms with Crippen LogP contribution >= 0.6 is 0 Å². The van der Waals surface area contributed by atoms with Gasteiger partial charge in [0.05, 0.1) is 0 Å². The second-order valence-electron chi connectivity index (χ2n) is 4.85. The lowest BCUT2D eigenvalue weighted by Gasteiger charge is -2.10. The number of benzene rings is 1. The van der Waals surface area contributed by atoms with Crippen molar-refractivity contribution in [3.05, 3.63) is 35.6 Å². The fraction of sp³-hybridized carbons (Fsp3) is 0.400. The predicted molar refractivity (Wildman–Crippen MR) is 76.0 cm³/mol. The molecule has 4 heteroatoms. The van der Waals surface area contributed by atoms with E-state index in [9.17, 15) is 4.79 Å². The maximum atomic E-state index is 11.5. The van der Waals surface area contributed by atoms with Crippen LogP contribution in [0.25, 0.3) is 11.0 Å². The number of nitrogens with one attached hydrogen (secondary N) is 1. The molecule has 19 heavy (non-hydrogen) atoms. The number of aryl methyl sites for hydroxylation is 1. The molecule has 0 aliphatic rings. The third kappa shape index (κ3) is 3.15. The summed E-state index contributed by atoms with van der Waals surface area (Å²) < 4.78 is 5.70. The van der Waals surface area contributed by atoms with Gasteiger partial charge in [0.1, 0.15) is 11.3 Å². The number of hydrogen-bond acceptors (Lipinski definition) is 3. The highest BCUT2D eigenvalue weighted by Crippen LogP contribution is 2.24. The summed E-state index contributed by atoms with van der Waals surface area (Å²) in [7, 11) is 3.55. The van der Waals surface area contributed by atoms with E-state index in [2.05, 4.69) is 11.4 Å². The minimum absolute atomic E-state index is 0.140. The molecule has 1 heterocycles. The molecule has 0 saturated heterocycles. The van der Waals surface area contributed by atoms with Crippen LogP contribution in [0.3, 0.4) is 0 Å². The number of rotatable bonds is 5. The molecule has 1 N–H and O–H groups in total. The molecule has 1 aromatic carbocycles. The number of furan rings is 1. The number of nitrogens with zero attached hydrogens (tertiary/aromatic N) is 1. The summed E-state index contributed by atoms with van der Waals surface area (Å²) in [5, 5.41) is 4.44. The quantitative estimate of drug-likeness (QED) is 0.839. The summed E-state index contributed by atoms with van der Waals surface area (Å²) >= 11 is 0. The van der Waals surface area contributed by atoms with Crippen molar-refractivity contribution in [3.63, 3.8) is 0 Å². The van der Waals surface area contributed by atoms with E-state index >= 15 is 0 Å². The number of fused-ring (bicyclic) bond motifs is 1. The third-order valence-corrected chi connectivity index (χ3v) is 3.22. The predicted octanol–water partition coefficient (Wildman–Crippen LogP) is 2.31. The Bertz CT molecular complexity index is 573. The first-order valence-electron chi connectivity index (χ1n) is 6.47. The molecule has 102 valence electrons. The summed E-state index contributed by atoms with van der Waals surface area (Å²) in [6, 6.07) is 8.02. The average Bonchev–Trinajstić information content (AvgIpc) is 2.70. The monoisotopic (exact) mass is 260 g/mol. The lowest BCUT2D eigenvalue weighted by molar-refractivity contribution is -0.128. The van der Waals surface area contributed by atoms with E-state index in [0.29, 0.717) is 13.0 Å². The molecule has 2 aromatic rings. The van der Waals surface area contributed by atoms with E-state index in [0.717, 1.165) is 23.3 Å². The Hall–Kier alpha value is -1.81. The molecule has 2 rings (SSSR count). The Labute approximate surface area is 113 Å². The van der Waals surface area contributed by atoms with Crippen LogP contribution in [-0.4, -0.2) is 31.4 Å². The molecule has 0 atom stereocenters. The lowest BCUT2D eigenvalue weighted by atomic mass is 10.1. The fourth-order valence-corrected chi connectivity index (χ4v) is 2.07. The van der Waals surface area contributed by atoms with E-state index in [1.165, 1.54) is 5.56 Å². The number of carbonyl (C=O) groups is 1. The first-order chi connectivity index (χ1) is 9.09.